The number of benzene rings is 1. The second-order valence-electron chi connectivity index (χ2n) is 2.69. The lowest BCUT2D eigenvalue weighted by Gasteiger charge is -2.14. The molecular formula is C8H8F4N2. The van der Waals surface area contributed by atoms with Crippen molar-refractivity contribution in [2.75, 3.05) is 5.73 Å². The van der Waals surface area contributed by atoms with Crippen LogP contribution in [0.1, 0.15) is 11.1 Å². The van der Waals surface area contributed by atoms with Crippen LogP contribution in [0.2, 0.25) is 0 Å². The van der Waals surface area contributed by atoms with E-state index in [1.54, 1.807) is 0 Å². The zero-order valence-corrected chi connectivity index (χ0v) is 7.03. The molecule has 0 aliphatic carbocycles. The molecule has 0 atom stereocenters. The highest BCUT2D eigenvalue weighted by atomic mass is 19.4. The third-order valence-corrected chi connectivity index (χ3v) is 1.79. The van der Waals surface area contributed by atoms with Crippen LogP contribution < -0.4 is 11.5 Å². The molecule has 0 fully saturated rings. The van der Waals surface area contributed by atoms with Crippen LogP contribution >= 0.6 is 0 Å². The molecule has 0 amide bonds. The van der Waals surface area contributed by atoms with E-state index in [0.29, 0.717) is 6.07 Å². The summed E-state index contributed by atoms with van der Waals surface area (Å²) in [5.74, 6) is -1.35. The van der Waals surface area contributed by atoms with Crippen molar-refractivity contribution in [3.63, 3.8) is 0 Å². The monoisotopic (exact) mass is 208 g/mol. The molecule has 0 spiro atoms. The van der Waals surface area contributed by atoms with E-state index in [2.05, 4.69) is 0 Å². The average molecular weight is 208 g/mol. The normalized spacial score (nSPS) is 11.8. The van der Waals surface area contributed by atoms with Gasteiger partial charge < -0.3 is 11.5 Å². The van der Waals surface area contributed by atoms with Crippen molar-refractivity contribution in [1.29, 1.82) is 0 Å². The van der Waals surface area contributed by atoms with Gasteiger partial charge in [-0.3, -0.25) is 0 Å². The number of halogens is 4. The van der Waals surface area contributed by atoms with Crippen LogP contribution in [0.5, 0.6) is 0 Å². The SMILES string of the molecule is NCc1c(N)ccc(F)c1C(F)(F)F. The van der Waals surface area contributed by atoms with Crippen molar-refractivity contribution in [3.8, 4) is 0 Å². The van der Waals surface area contributed by atoms with Gasteiger partial charge in [-0.25, -0.2) is 4.39 Å². The van der Waals surface area contributed by atoms with Gasteiger partial charge in [0.25, 0.3) is 0 Å². The van der Waals surface area contributed by atoms with Gasteiger partial charge in [0, 0.05) is 17.8 Å². The minimum absolute atomic E-state index is 0.152. The molecule has 0 aliphatic rings. The number of hydrogen-bond acceptors (Lipinski definition) is 2. The number of alkyl halides is 3. The summed E-state index contributed by atoms with van der Waals surface area (Å²) in [5, 5.41) is 0. The first-order chi connectivity index (χ1) is 6.38. The van der Waals surface area contributed by atoms with Crippen LogP contribution in [0.15, 0.2) is 12.1 Å². The fourth-order valence-electron chi connectivity index (χ4n) is 1.16. The minimum atomic E-state index is -4.77. The number of nitrogens with two attached hydrogens (primary N) is 2. The molecule has 0 saturated heterocycles. The lowest BCUT2D eigenvalue weighted by molar-refractivity contribution is -0.140. The first-order valence-corrected chi connectivity index (χ1v) is 3.72. The van der Waals surface area contributed by atoms with Gasteiger partial charge in [-0.1, -0.05) is 0 Å². The summed E-state index contributed by atoms with van der Waals surface area (Å²) in [6, 6.07) is 1.74. The summed E-state index contributed by atoms with van der Waals surface area (Å²) in [6.45, 7) is -0.446. The molecule has 14 heavy (non-hydrogen) atoms. The van der Waals surface area contributed by atoms with Gasteiger partial charge in [-0.15, -0.1) is 0 Å². The summed E-state index contributed by atoms with van der Waals surface area (Å²) < 4.78 is 49.9. The molecule has 0 aromatic heterocycles. The van der Waals surface area contributed by atoms with E-state index >= 15 is 0 Å². The Balaban J connectivity index is 3.46. The number of nitrogen functional groups attached to an aromatic ring is 1. The Morgan fingerprint density at radius 3 is 2.14 bits per heavy atom. The molecule has 1 aromatic rings. The average Bonchev–Trinajstić information content (AvgIpc) is 2.06. The van der Waals surface area contributed by atoms with Gasteiger partial charge in [0.1, 0.15) is 5.82 Å². The first-order valence-electron chi connectivity index (χ1n) is 3.72. The Morgan fingerprint density at radius 2 is 1.79 bits per heavy atom. The Bertz CT molecular complexity index is 346. The van der Waals surface area contributed by atoms with E-state index in [4.69, 9.17) is 11.5 Å². The lowest BCUT2D eigenvalue weighted by Crippen LogP contribution is -2.16. The molecular weight excluding hydrogens is 200 g/mol. The fourth-order valence-corrected chi connectivity index (χ4v) is 1.16. The van der Waals surface area contributed by atoms with Crippen molar-refractivity contribution in [2.24, 2.45) is 5.73 Å². The molecule has 6 heteroatoms. The smallest absolute Gasteiger partial charge is 0.398 e. The number of hydrogen-bond donors (Lipinski definition) is 2. The molecule has 78 valence electrons. The number of rotatable bonds is 1. The summed E-state index contributed by atoms with van der Waals surface area (Å²) in [7, 11) is 0. The Labute approximate surface area is 77.5 Å². The second-order valence-corrected chi connectivity index (χ2v) is 2.69. The van der Waals surface area contributed by atoms with Gasteiger partial charge in [0.15, 0.2) is 0 Å². The molecule has 0 bridgehead atoms. The van der Waals surface area contributed by atoms with Gasteiger partial charge in [-0.2, -0.15) is 13.2 Å². The number of anilines is 1. The van der Waals surface area contributed by atoms with E-state index < -0.39 is 29.7 Å². The van der Waals surface area contributed by atoms with Crippen LogP contribution in [0.4, 0.5) is 23.2 Å². The molecule has 0 unspecified atom stereocenters. The van der Waals surface area contributed by atoms with Gasteiger partial charge in [0.05, 0.1) is 5.56 Å². The maximum absolute atomic E-state index is 12.9. The van der Waals surface area contributed by atoms with E-state index in [1.807, 2.05) is 0 Å². The first kappa shape index (κ1) is 10.8. The molecule has 0 aliphatic heterocycles. The van der Waals surface area contributed by atoms with Gasteiger partial charge in [0.2, 0.25) is 0 Å². The standard InChI is InChI=1S/C8H8F4N2/c9-5-1-2-6(14)4(3-13)7(5)8(10,11)12/h1-2H,3,13-14H2. The van der Waals surface area contributed by atoms with E-state index in [-0.39, 0.29) is 5.69 Å². The Morgan fingerprint density at radius 1 is 1.21 bits per heavy atom. The quantitative estimate of drug-likeness (QED) is 0.547. The summed E-state index contributed by atoms with van der Waals surface area (Å²) >= 11 is 0. The Hall–Kier alpha value is -1.30. The van der Waals surface area contributed by atoms with Crippen molar-refractivity contribution in [1.82, 2.24) is 0 Å². The van der Waals surface area contributed by atoms with Crippen LogP contribution in [0, 0.1) is 5.82 Å². The molecule has 0 radical (unpaired) electrons. The molecule has 2 nitrogen and oxygen atoms in total. The maximum Gasteiger partial charge on any atom is 0.419 e. The predicted molar refractivity (Wildman–Crippen MR) is 43.7 cm³/mol. The van der Waals surface area contributed by atoms with Crippen LogP contribution in [0.3, 0.4) is 0 Å². The van der Waals surface area contributed by atoms with Crippen molar-refractivity contribution >= 4 is 5.69 Å². The minimum Gasteiger partial charge on any atom is -0.398 e. The Kier molecular flexibility index (Phi) is 2.66. The lowest BCUT2D eigenvalue weighted by atomic mass is 10.0. The zero-order chi connectivity index (χ0) is 10.9. The molecule has 4 N–H and O–H groups in total. The van der Waals surface area contributed by atoms with Crippen molar-refractivity contribution in [2.45, 2.75) is 12.7 Å². The van der Waals surface area contributed by atoms with E-state index in [0.717, 1.165) is 6.07 Å². The van der Waals surface area contributed by atoms with Gasteiger partial charge >= 0.3 is 6.18 Å². The zero-order valence-electron chi connectivity index (χ0n) is 7.03. The summed E-state index contributed by atoms with van der Waals surface area (Å²) in [5.41, 5.74) is 8.39. The molecule has 0 saturated carbocycles. The third kappa shape index (κ3) is 1.79. The predicted octanol–water partition coefficient (Wildman–Crippen LogP) is 1.89. The highest BCUT2D eigenvalue weighted by Gasteiger charge is 2.37. The van der Waals surface area contributed by atoms with Crippen LogP contribution in [-0.2, 0) is 12.7 Å². The van der Waals surface area contributed by atoms with Crippen LogP contribution in [0.25, 0.3) is 0 Å². The maximum atomic E-state index is 12.9. The molecule has 0 heterocycles. The van der Waals surface area contributed by atoms with Crippen LogP contribution in [-0.4, -0.2) is 0 Å². The highest BCUT2D eigenvalue weighted by molar-refractivity contribution is 5.52. The van der Waals surface area contributed by atoms with Crippen molar-refractivity contribution < 1.29 is 17.6 Å². The summed E-state index contributed by atoms with van der Waals surface area (Å²) in [4.78, 5) is 0. The van der Waals surface area contributed by atoms with Gasteiger partial charge in [-0.05, 0) is 12.1 Å². The topological polar surface area (TPSA) is 52.0 Å². The third-order valence-electron chi connectivity index (χ3n) is 1.79. The van der Waals surface area contributed by atoms with E-state index in [9.17, 15) is 17.6 Å². The fraction of sp³-hybridized carbons (Fsp3) is 0.250. The van der Waals surface area contributed by atoms with Crippen molar-refractivity contribution in [3.05, 3.63) is 29.1 Å². The largest absolute Gasteiger partial charge is 0.419 e. The molecule has 1 rings (SSSR count). The second kappa shape index (κ2) is 3.45. The summed E-state index contributed by atoms with van der Waals surface area (Å²) in [6.07, 6.45) is -4.77. The highest BCUT2D eigenvalue weighted by Crippen LogP contribution is 2.36. The van der Waals surface area contributed by atoms with E-state index in [1.165, 1.54) is 0 Å². The molecule has 1 aromatic carbocycles.